The lowest BCUT2D eigenvalue weighted by molar-refractivity contribution is 0.186. The second-order valence-electron chi connectivity index (χ2n) is 7.46. The third-order valence-corrected chi connectivity index (χ3v) is 6.68. The molecule has 0 fully saturated rings. The molecule has 3 aromatic rings. The summed E-state index contributed by atoms with van der Waals surface area (Å²) in [6, 6.07) is 4.24. The van der Waals surface area contributed by atoms with E-state index in [4.69, 9.17) is 4.74 Å². The van der Waals surface area contributed by atoms with Gasteiger partial charge in [0.05, 0.1) is 17.5 Å². The van der Waals surface area contributed by atoms with E-state index in [-0.39, 0.29) is 11.6 Å². The van der Waals surface area contributed by atoms with Gasteiger partial charge in [0, 0.05) is 18.0 Å². The SMILES string of the molecule is COc1ccsc1C(c1nnnn1C(C)(C)C)N1CCc2sccc2C1. The van der Waals surface area contributed by atoms with Crippen molar-refractivity contribution in [3.63, 3.8) is 0 Å². The van der Waals surface area contributed by atoms with Gasteiger partial charge in [-0.3, -0.25) is 4.90 Å². The molecule has 26 heavy (non-hydrogen) atoms. The van der Waals surface area contributed by atoms with Crippen LogP contribution in [0.1, 0.15) is 48.0 Å². The van der Waals surface area contributed by atoms with E-state index in [2.05, 4.69) is 58.0 Å². The van der Waals surface area contributed by atoms with Crippen molar-refractivity contribution in [3.8, 4) is 5.75 Å². The normalized spacial score (nSPS) is 16.5. The molecule has 1 atom stereocenters. The van der Waals surface area contributed by atoms with E-state index in [0.29, 0.717) is 0 Å². The van der Waals surface area contributed by atoms with Crippen LogP contribution in [0, 0.1) is 0 Å². The molecule has 0 amide bonds. The maximum absolute atomic E-state index is 5.64. The highest BCUT2D eigenvalue weighted by atomic mass is 32.1. The molecular weight excluding hydrogens is 366 g/mol. The van der Waals surface area contributed by atoms with Crippen LogP contribution in [0.25, 0.3) is 0 Å². The average molecular weight is 390 g/mol. The van der Waals surface area contributed by atoms with Gasteiger partial charge in [-0.05, 0) is 66.1 Å². The fourth-order valence-electron chi connectivity index (χ4n) is 3.46. The van der Waals surface area contributed by atoms with Gasteiger partial charge in [0.25, 0.3) is 0 Å². The van der Waals surface area contributed by atoms with Crippen LogP contribution in [0.4, 0.5) is 0 Å². The molecule has 0 spiro atoms. The molecule has 4 heterocycles. The molecule has 3 aromatic heterocycles. The number of hydrogen-bond donors (Lipinski definition) is 0. The molecule has 1 unspecified atom stereocenters. The zero-order chi connectivity index (χ0) is 18.3. The van der Waals surface area contributed by atoms with Crippen LogP contribution in [0.3, 0.4) is 0 Å². The van der Waals surface area contributed by atoms with Crippen LogP contribution in [0.15, 0.2) is 22.9 Å². The molecule has 0 saturated carbocycles. The van der Waals surface area contributed by atoms with E-state index < -0.39 is 0 Å². The molecule has 0 bridgehead atoms. The van der Waals surface area contributed by atoms with E-state index in [1.807, 2.05) is 22.1 Å². The minimum atomic E-state index is -0.190. The predicted octanol–water partition coefficient (Wildman–Crippen LogP) is 3.71. The molecule has 0 aromatic carbocycles. The highest BCUT2D eigenvalue weighted by molar-refractivity contribution is 7.10. The summed E-state index contributed by atoms with van der Waals surface area (Å²) in [6.45, 7) is 8.27. The summed E-state index contributed by atoms with van der Waals surface area (Å²) in [6.07, 6.45) is 1.06. The third kappa shape index (κ3) is 3.06. The average Bonchev–Trinajstić information content (AvgIpc) is 3.34. The lowest BCUT2D eigenvalue weighted by atomic mass is 10.0. The molecule has 8 heteroatoms. The summed E-state index contributed by atoms with van der Waals surface area (Å²) in [5.74, 6) is 1.77. The second kappa shape index (κ2) is 6.75. The first-order chi connectivity index (χ1) is 12.5. The molecule has 6 nitrogen and oxygen atoms in total. The van der Waals surface area contributed by atoms with Crippen LogP contribution in [-0.2, 0) is 18.5 Å². The molecule has 0 saturated heterocycles. The van der Waals surface area contributed by atoms with E-state index in [0.717, 1.165) is 36.0 Å². The Morgan fingerprint density at radius 1 is 1.19 bits per heavy atom. The number of fused-ring (bicyclic) bond motifs is 1. The second-order valence-corrected chi connectivity index (χ2v) is 9.41. The van der Waals surface area contributed by atoms with Crippen molar-refractivity contribution in [1.82, 2.24) is 25.1 Å². The Hall–Kier alpha value is -1.77. The highest BCUT2D eigenvalue weighted by Crippen LogP contribution is 2.41. The molecule has 0 radical (unpaired) electrons. The van der Waals surface area contributed by atoms with Crippen LogP contribution in [0.5, 0.6) is 5.75 Å². The summed E-state index contributed by atoms with van der Waals surface area (Å²) >= 11 is 3.56. The first-order valence-electron chi connectivity index (χ1n) is 8.68. The molecule has 1 aliphatic heterocycles. The molecule has 0 aliphatic carbocycles. The van der Waals surface area contributed by atoms with Crippen molar-refractivity contribution in [2.24, 2.45) is 0 Å². The molecule has 1 aliphatic rings. The Morgan fingerprint density at radius 3 is 2.77 bits per heavy atom. The van der Waals surface area contributed by atoms with Gasteiger partial charge >= 0.3 is 0 Å². The summed E-state index contributed by atoms with van der Waals surface area (Å²) in [7, 11) is 1.72. The van der Waals surface area contributed by atoms with Crippen molar-refractivity contribution >= 4 is 22.7 Å². The minimum absolute atomic E-state index is 0.0211. The molecular formula is C18H23N5OS2. The van der Waals surface area contributed by atoms with Crippen molar-refractivity contribution in [2.75, 3.05) is 13.7 Å². The topological polar surface area (TPSA) is 56.1 Å². The largest absolute Gasteiger partial charge is 0.496 e. The fraction of sp³-hybridized carbons (Fsp3) is 0.500. The first-order valence-corrected chi connectivity index (χ1v) is 10.4. The number of thiophene rings is 2. The Morgan fingerprint density at radius 2 is 2.00 bits per heavy atom. The summed E-state index contributed by atoms with van der Waals surface area (Å²) < 4.78 is 7.59. The zero-order valence-corrected chi connectivity index (χ0v) is 17.1. The molecule has 4 rings (SSSR count). The quantitative estimate of drug-likeness (QED) is 0.681. The van der Waals surface area contributed by atoms with Gasteiger partial charge < -0.3 is 4.74 Å². The van der Waals surface area contributed by atoms with Gasteiger partial charge in [-0.15, -0.1) is 27.8 Å². The van der Waals surface area contributed by atoms with E-state index in [1.54, 1.807) is 18.4 Å². The fourth-order valence-corrected chi connectivity index (χ4v) is 5.34. The number of hydrogen-bond acceptors (Lipinski definition) is 7. The lowest BCUT2D eigenvalue weighted by Crippen LogP contribution is -2.37. The number of nitrogens with zero attached hydrogens (tertiary/aromatic N) is 5. The van der Waals surface area contributed by atoms with Crippen molar-refractivity contribution in [3.05, 3.63) is 44.0 Å². The summed E-state index contributed by atoms with van der Waals surface area (Å²) in [4.78, 5) is 5.12. The predicted molar refractivity (Wildman–Crippen MR) is 104 cm³/mol. The monoisotopic (exact) mass is 389 g/mol. The number of methoxy groups -OCH3 is 1. The van der Waals surface area contributed by atoms with Gasteiger partial charge in [-0.25, -0.2) is 4.68 Å². The van der Waals surface area contributed by atoms with Crippen molar-refractivity contribution < 1.29 is 4.74 Å². The molecule has 0 N–H and O–H groups in total. The minimum Gasteiger partial charge on any atom is -0.496 e. The van der Waals surface area contributed by atoms with Crippen LogP contribution < -0.4 is 4.74 Å². The van der Waals surface area contributed by atoms with E-state index in [1.165, 1.54) is 10.4 Å². The maximum Gasteiger partial charge on any atom is 0.174 e. The van der Waals surface area contributed by atoms with Crippen LogP contribution >= 0.6 is 22.7 Å². The highest BCUT2D eigenvalue weighted by Gasteiger charge is 2.35. The lowest BCUT2D eigenvalue weighted by Gasteiger charge is -2.34. The zero-order valence-electron chi connectivity index (χ0n) is 15.5. The van der Waals surface area contributed by atoms with Gasteiger partial charge in [0.2, 0.25) is 0 Å². The van der Waals surface area contributed by atoms with E-state index in [9.17, 15) is 0 Å². The molecule has 138 valence electrons. The van der Waals surface area contributed by atoms with Crippen molar-refractivity contribution in [2.45, 2.75) is 45.3 Å². The Kier molecular flexibility index (Phi) is 4.58. The Balaban J connectivity index is 1.80. The van der Waals surface area contributed by atoms with Crippen molar-refractivity contribution in [1.29, 1.82) is 0 Å². The summed E-state index contributed by atoms with van der Waals surface area (Å²) in [5.41, 5.74) is 1.22. The smallest absolute Gasteiger partial charge is 0.174 e. The van der Waals surface area contributed by atoms with Crippen LogP contribution in [-0.4, -0.2) is 38.8 Å². The standard InChI is InChI=1S/C18H23N5OS2/c1-18(2,3)23-17(19-20-21-23)15(16-13(24-4)7-10-26-16)22-8-5-14-12(11-22)6-9-25-14/h6-7,9-10,15H,5,8,11H2,1-4H3. The number of aromatic nitrogens is 4. The first kappa shape index (κ1) is 17.6. The van der Waals surface area contributed by atoms with Gasteiger partial charge in [0.15, 0.2) is 5.82 Å². The Labute approximate surface area is 161 Å². The van der Waals surface area contributed by atoms with Gasteiger partial charge in [-0.2, -0.15) is 0 Å². The van der Waals surface area contributed by atoms with Gasteiger partial charge in [0.1, 0.15) is 11.8 Å². The van der Waals surface area contributed by atoms with Gasteiger partial charge in [-0.1, -0.05) is 0 Å². The Bertz CT molecular complexity index is 891. The number of rotatable bonds is 4. The van der Waals surface area contributed by atoms with E-state index >= 15 is 0 Å². The summed E-state index contributed by atoms with van der Waals surface area (Å²) in [5, 5.41) is 17.0. The third-order valence-electron chi connectivity index (χ3n) is 4.70. The maximum atomic E-state index is 5.64. The number of ether oxygens (including phenoxy) is 1. The number of tetrazole rings is 1. The van der Waals surface area contributed by atoms with Crippen LogP contribution in [0.2, 0.25) is 0 Å².